The number of fused-ring (bicyclic) bond motifs is 1. The normalized spacial score (nSPS) is 21.9. The van der Waals surface area contributed by atoms with E-state index in [0.717, 1.165) is 35.9 Å². The van der Waals surface area contributed by atoms with Crippen molar-refractivity contribution in [3.05, 3.63) is 35.5 Å². The number of ketones is 1. The highest BCUT2D eigenvalue weighted by Gasteiger charge is 2.31. The van der Waals surface area contributed by atoms with E-state index in [9.17, 15) is 4.79 Å². The lowest BCUT2D eigenvalue weighted by Crippen LogP contribution is -2.32. The van der Waals surface area contributed by atoms with E-state index in [1.807, 2.05) is 19.2 Å². The highest BCUT2D eigenvalue weighted by Crippen LogP contribution is 2.34. The summed E-state index contributed by atoms with van der Waals surface area (Å²) in [5.41, 5.74) is 3.09. The summed E-state index contributed by atoms with van der Waals surface area (Å²) >= 11 is 0. The number of Topliss-reactive ketones (excluding diaryl/α,β-unsaturated/α-hetero) is 1. The van der Waals surface area contributed by atoms with Crippen molar-refractivity contribution in [2.45, 2.75) is 39.2 Å². The molecule has 3 nitrogen and oxygen atoms in total. The van der Waals surface area contributed by atoms with Crippen molar-refractivity contribution in [3.8, 4) is 0 Å². The molecule has 1 aliphatic carbocycles. The Kier molecular flexibility index (Phi) is 3.62. The zero-order chi connectivity index (χ0) is 14.1. The van der Waals surface area contributed by atoms with Gasteiger partial charge >= 0.3 is 0 Å². The van der Waals surface area contributed by atoms with Crippen molar-refractivity contribution in [2.75, 3.05) is 6.61 Å². The first-order chi connectivity index (χ1) is 9.67. The molecule has 1 aromatic heterocycles. The molecule has 106 valence electrons. The van der Waals surface area contributed by atoms with Crippen LogP contribution in [0.5, 0.6) is 0 Å². The van der Waals surface area contributed by atoms with Gasteiger partial charge in [-0.1, -0.05) is 12.1 Å². The van der Waals surface area contributed by atoms with Gasteiger partial charge in [-0.2, -0.15) is 0 Å². The lowest BCUT2D eigenvalue weighted by Gasteiger charge is -2.34. The molecule has 0 spiro atoms. The summed E-state index contributed by atoms with van der Waals surface area (Å²) < 4.78 is 5.55. The summed E-state index contributed by atoms with van der Waals surface area (Å²) in [7, 11) is 0. The minimum absolute atomic E-state index is 0.250. The fourth-order valence-electron chi connectivity index (χ4n) is 3.06. The maximum Gasteiger partial charge on any atom is 0.165 e. The molecule has 1 saturated carbocycles. The number of rotatable bonds is 5. The minimum atomic E-state index is 0.250. The van der Waals surface area contributed by atoms with Crippen molar-refractivity contribution in [1.82, 2.24) is 4.98 Å². The Morgan fingerprint density at radius 1 is 1.40 bits per heavy atom. The SMILES string of the molecule is CCOC1CC(CC(=O)c2c[nH]c3cc(C)ccc23)C1. The molecule has 0 amide bonds. The number of hydrogen-bond acceptors (Lipinski definition) is 2. The fourth-order valence-corrected chi connectivity index (χ4v) is 3.06. The molecule has 0 radical (unpaired) electrons. The predicted molar refractivity (Wildman–Crippen MR) is 80.1 cm³/mol. The van der Waals surface area contributed by atoms with Crippen LogP contribution in [0.15, 0.2) is 24.4 Å². The van der Waals surface area contributed by atoms with E-state index in [1.165, 1.54) is 5.56 Å². The van der Waals surface area contributed by atoms with E-state index in [0.29, 0.717) is 18.4 Å². The van der Waals surface area contributed by atoms with Gasteiger partial charge in [0, 0.05) is 35.7 Å². The standard InChI is InChI=1S/C17H21NO2/c1-3-20-13-7-12(8-13)9-17(19)15-10-18-16-6-11(2)4-5-14(15)16/h4-6,10,12-13,18H,3,7-9H2,1-2H3. The Bertz CT molecular complexity index is 623. The summed E-state index contributed by atoms with van der Waals surface area (Å²) in [6.07, 6.45) is 4.93. The third-order valence-corrected chi connectivity index (χ3v) is 4.21. The number of benzene rings is 1. The molecule has 20 heavy (non-hydrogen) atoms. The number of carbonyl (C=O) groups is 1. The third kappa shape index (κ3) is 2.50. The second kappa shape index (κ2) is 5.41. The Balaban J connectivity index is 1.68. The first kappa shape index (κ1) is 13.4. The second-order valence-corrected chi connectivity index (χ2v) is 5.79. The molecule has 0 atom stereocenters. The van der Waals surface area contributed by atoms with Gasteiger partial charge in [-0.3, -0.25) is 4.79 Å². The molecule has 0 saturated heterocycles. The molecule has 0 unspecified atom stereocenters. The molecule has 0 aliphatic heterocycles. The predicted octanol–water partition coefficient (Wildman–Crippen LogP) is 3.86. The number of carbonyl (C=O) groups excluding carboxylic acids is 1. The van der Waals surface area contributed by atoms with Gasteiger partial charge in [-0.25, -0.2) is 0 Å². The van der Waals surface area contributed by atoms with Crippen LogP contribution in [0.3, 0.4) is 0 Å². The Labute approximate surface area is 119 Å². The quantitative estimate of drug-likeness (QED) is 0.839. The number of nitrogens with one attached hydrogen (secondary N) is 1. The lowest BCUT2D eigenvalue weighted by atomic mass is 9.78. The summed E-state index contributed by atoms with van der Waals surface area (Å²) in [5, 5.41) is 1.04. The number of aryl methyl sites for hydroxylation is 1. The zero-order valence-corrected chi connectivity index (χ0v) is 12.1. The Hall–Kier alpha value is -1.61. The topological polar surface area (TPSA) is 42.1 Å². The van der Waals surface area contributed by atoms with Crippen LogP contribution in [-0.2, 0) is 4.74 Å². The summed E-state index contributed by atoms with van der Waals surface area (Å²) in [4.78, 5) is 15.6. The molecule has 1 fully saturated rings. The van der Waals surface area contributed by atoms with Crippen LogP contribution in [0.2, 0.25) is 0 Å². The molecule has 2 aromatic rings. The van der Waals surface area contributed by atoms with Gasteiger partial charge in [0.25, 0.3) is 0 Å². The maximum atomic E-state index is 12.4. The van der Waals surface area contributed by atoms with E-state index in [1.54, 1.807) is 0 Å². The molecule has 1 aromatic carbocycles. The monoisotopic (exact) mass is 271 g/mol. The summed E-state index contributed by atoms with van der Waals surface area (Å²) in [5.74, 6) is 0.745. The van der Waals surface area contributed by atoms with Crippen molar-refractivity contribution in [2.24, 2.45) is 5.92 Å². The summed E-state index contributed by atoms with van der Waals surface area (Å²) in [6, 6.07) is 6.18. The van der Waals surface area contributed by atoms with Crippen molar-refractivity contribution in [3.63, 3.8) is 0 Å². The number of ether oxygens (including phenoxy) is 1. The summed E-state index contributed by atoms with van der Waals surface area (Å²) in [6.45, 7) is 4.85. The van der Waals surface area contributed by atoms with Gasteiger partial charge in [0.05, 0.1) is 6.10 Å². The number of aromatic nitrogens is 1. The van der Waals surface area contributed by atoms with Gasteiger partial charge in [-0.05, 0) is 44.2 Å². The molecule has 3 rings (SSSR count). The second-order valence-electron chi connectivity index (χ2n) is 5.79. The van der Waals surface area contributed by atoms with E-state index in [4.69, 9.17) is 4.74 Å². The van der Waals surface area contributed by atoms with E-state index < -0.39 is 0 Å². The number of hydrogen-bond donors (Lipinski definition) is 1. The van der Waals surface area contributed by atoms with Crippen LogP contribution in [-0.4, -0.2) is 23.5 Å². The van der Waals surface area contributed by atoms with Crippen molar-refractivity contribution < 1.29 is 9.53 Å². The largest absolute Gasteiger partial charge is 0.378 e. The average Bonchev–Trinajstić information content (AvgIpc) is 2.79. The van der Waals surface area contributed by atoms with Gasteiger partial charge in [0.2, 0.25) is 0 Å². The molecule has 0 bridgehead atoms. The third-order valence-electron chi connectivity index (χ3n) is 4.21. The molecular formula is C17H21NO2. The maximum absolute atomic E-state index is 12.4. The van der Waals surface area contributed by atoms with E-state index in [2.05, 4.69) is 24.0 Å². The van der Waals surface area contributed by atoms with Gasteiger partial charge in [0.1, 0.15) is 0 Å². The molecule has 3 heteroatoms. The van der Waals surface area contributed by atoms with Crippen LogP contribution in [0.4, 0.5) is 0 Å². The zero-order valence-electron chi connectivity index (χ0n) is 12.1. The van der Waals surface area contributed by atoms with Crippen molar-refractivity contribution >= 4 is 16.7 Å². The fraction of sp³-hybridized carbons (Fsp3) is 0.471. The lowest BCUT2D eigenvalue weighted by molar-refractivity contribution is -0.0245. The minimum Gasteiger partial charge on any atom is -0.378 e. The highest BCUT2D eigenvalue weighted by atomic mass is 16.5. The molecule has 1 N–H and O–H groups in total. The van der Waals surface area contributed by atoms with Gasteiger partial charge < -0.3 is 9.72 Å². The van der Waals surface area contributed by atoms with E-state index in [-0.39, 0.29) is 5.78 Å². The van der Waals surface area contributed by atoms with Crippen LogP contribution in [0, 0.1) is 12.8 Å². The highest BCUT2D eigenvalue weighted by molar-refractivity contribution is 6.08. The van der Waals surface area contributed by atoms with Crippen molar-refractivity contribution in [1.29, 1.82) is 0 Å². The van der Waals surface area contributed by atoms with Crippen LogP contribution >= 0.6 is 0 Å². The molecule has 1 aliphatic rings. The number of H-pyrrole nitrogens is 1. The van der Waals surface area contributed by atoms with Gasteiger partial charge in [-0.15, -0.1) is 0 Å². The first-order valence-electron chi connectivity index (χ1n) is 7.40. The van der Waals surface area contributed by atoms with E-state index >= 15 is 0 Å². The molecule has 1 heterocycles. The van der Waals surface area contributed by atoms with Gasteiger partial charge in [0.15, 0.2) is 5.78 Å². The Morgan fingerprint density at radius 2 is 2.20 bits per heavy atom. The van der Waals surface area contributed by atoms with Crippen LogP contribution in [0.25, 0.3) is 10.9 Å². The smallest absolute Gasteiger partial charge is 0.165 e. The average molecular weight is 271 g/mol. The number of aromatic amines is 1. The van der Waals surface area contributed by atoms with Crippen LogP contribution < -0.4 is 0 Å². The molecular weight excluding hydrogens is 250 g/mol. The Morgan fingerprint density at radius 3 is 2.95 bits per heavy atom. The van der Waals surface area contributed by atoms with Crippen LogP contribution in [0.1, 0.15) is 42.1 Å². The first-order valence-corrected chi connectivity index (χ1v) is 7.40.